The Bertz CT molecular complexity index is 1090. The van der Waals surface area contributed by atoms with Crippen molar-refractivity contribution in [2.75, 3.05) is 19.7 Å². The summed E-state index contributed by atoms with van der Waals surface area (Å²) in [5.74, 6) is -2.63. The zero-order chi connectivity index (χ0) is 23.7. The first-order chi connectivity index (χ1) is 16.4. The SMILES string of the molecule is O=C(CCN1C(=O)[C@@H]2[C@H](C1=O)C1(Cl)c3ccccc3C2(Cl)c2ccccc21)NC[C@@H]1CCCO1. The summed E-state index contributed by atoms with van der Waals surface area (Å²) in [5, 5.41) is 2.85. The average molecular weight is 499 g/mol. The van der Waals surface area contributed by atoms with Crippen molar-refractivity contribution in [3.05, 3.63) is 70.8 Å². The van der Waals surface area contributed by atoms with Crippen LogP contribution >= 0.6 is 23.2 Å². The van der Waals surface area contributed by atoms with E-state index in [0.29, 0.717) is 13.2 Å². The standard InChI is InChI=1S/C26H24Cl2N2O4/c27-25-16-7-1-2-8-17(16)26(28,19-10-4-3-9-18(19)25)22-21(25)23(32)30(24(22)33)12-11-20(31)29-14-15-6-5-13-34-15/h1-4,7-10,15,21-22H,5-6,11-14H2,(H,29,31)/t15-,21-,22+,25?,26?/m0/s1. The third-order valence-corrected chi connectivity index (χ3v) is 9.07. The number of imide groups is 1. The summed E-state index contributed by atoms with van der Waals surface area (Å²) in [5.41, 5.74) is 3.07. The van der Waals surface area contributed by atoms with Crippen LogP contribution in [0.25, 0.3) is 0 Å². The zero-order valence-electron chi connectivity index (χ0n) is 18.4. The Balaban J connectivity index is 1.32. The van der Waals surface area contributed by atoms with E-state index in [1.807, 2.05) is 48.5 Å². The molecule has 2 fully saturated rings. The molecular weight excluding hydrogens is 475 g/mol. The van der Waals surface area contributed by atoms with Crippen molar-refractivity contribution in [2.24, 2.45) is 11.8 Å². The fourth-order valence-electron chi connectivity index (χ4n) is 6.28. The van der Waals surface area contributed by atoms with Crippen molar-refractivity contribution in [3.63, 3.8) is 0 Å². The van der Waals surface area contributed by atoms with Gasteiger partial charge in [-0.15, -0.1) is 23.2 Å². The van der Waals surface area contributed by atoms with E-state index in [0.717, 1.165) is 35.1 Å². The minimum absolute atomic E-state index is 0.00531. The Morgan fingerprint density at radius 1 is 0.941 bits per heavy atom. The zero-order valence-corrected chi connectivity index (χ0v) is 19.9. The maximum Gasteiger partial charge on any atom is 0.235 e. The number of hydrogen-bond donors (Lipinski definition) is 1. The topological polar surface area (TPSA) is 75.7 Å². The van der Waals surface area contributed by atoms with E-state index in [1.165, 1.54) is 4.90 Å². The van der Waals surface area contributed by atoms with E-state index in [2.05, 4.69) is 5.32 Å². The van der Waals surface area contributed by atoms with Crippen LogP contribution in [0.1, 0.15) is 41.5 Å². The van der Waals surface area contributed by atoms with Gasteiger partial charge in [-0.3, -0.25) is 19.3 Å². The number of benzene rings is 2. The van der Waals surface area contributed by atoms with Crippen molar-refractivity contribution < 1.29 is 19.1 Å². The number of alkyl halides is 2. The number of hydrogen-bond acceptors (Lipinski definition) is 4. The summed E-state index contributed by atoms with van der Waals surface area (Å²) >= 11 is 14.8. The molecule has 0 aromatic heterocycles. The van der Waals surface area contributed by atoms with E-state index in [1.54, 1.807) is 0 Å². The van der Waals surface area contributed by atoms with Crippen LogP contribution in [0.4, 0.5) is 0 Å². The molecule has 2 aromatic rings. The summed E-state index contributed by atoms with van der Waals surface area (Å²) in [7, 11) is 0. The fraction of sp³-hybridized carbons (Fsp3) is 0.423. The van der Waals surface area contributed by atoms with Gasteiger partial charge in [0.1, 0.15) is 9.75 Å². The molecule has 3 amide bonds. The highest BCUT2D eigenvalue weighted by molar-refractivity contribution is 6.36. The summed E-state index contributed by atoms with van der Waals surface area (Å²) in [6.07, 6.45) is 1.96. The van der Waals surface area contributed by atoms with Crippen LogP contribution in [0.3, 0.4) is 0 Å². The maximum atomic E-state index is 13.7. The van der Waals surface area contributed by atoms with Crippen molar-refractivity contribution in [2.45, 2.75) is 35.1 Å². The van der Waals surface area contributed by atoms with Crippen molar-refractivity contribution in [3.8, 4) is 0 Å². The van der Waals surface area contributed by atoms with Crippen molar-refractivity contribution >= 4 is 40.9 Å². The highest BCUT2D eigenvalue weighted by atomic mass is 35.5. The van der Waals surface area contributed by atoms with Crippen LogP contribution in [0.2, 0.25) is 0 Å². The molecule has 6 nitrogen and oxygen atoms in total. The van der Waals surface area contributed by atoms with Gasteiger partial charge in [0.25, 0.3) is 0 Å². The molecule has 8 heteroatoms. The molecule has 0 spiro atoms. The normalized spacial score (nSPS) is 33.0. The summed E-state index contributed by atoms with van der Waals surface area (Å²) in [4.78, 5) is 38.6. The summed E-state index contributed by atoms with van der Waals surface area (Å²) < 4.78 is 5.53. The van der Waals surface area contributed by atoms with Crippen LogP contribution in [-0.2, 0) is 28.9 Å². The first-order valence-electron chi connectivity index (χ1n) is 11.7. The molecule has 0 unspecified atom stereocenters. The van der Waals surface area contributed by atoms with E-state index in [9.17, 15) is 14.4 Å². The number of halogens is 2. The van der Waals surface area contributed by atoms with Crippen LogP contribution in [0, 0.1) is 11.8 Å². The first-order valence-corrected chi connectivity index (χ1v) is 12.5. The Labute approximate surface area is 207 Å². The number of carbonyl (C=O) groups excluding carboxylic acids is 3. The van der Waals surface area contributed by atoms with Gasteiger partial charge in [-0.1, -0.05) is 48.5 Å². The van der Waals surface area contributed by atoms with Gasteiger partial charge in [-0.05, 0) is 35.1 Å². The first kappa shape index (κ1) is 22.1. The van der Waals surface area contributed by atoms with Crippen LogP contribution in [0.15, 0.2) is 48.5 Å². The predicted octanol–water partition coefficient (Wildman–Crippen LogP) is 3.26. The molecule has 2 heterocycles. The molecule has 5 aliphatic rings. The monoisotopic (exact) mass is 498 g/mol. The lowest BCUT2D eigenvalue weighted by molar-refractivity contribution is -0.140. The second kappa shape index (κ2) is 7.80. The molecule has 1 N–H and O–H groups in total. The van der Waals surface area contributed by atoms with Crippen LogP contribution in [0.5, 0.6) is 0 Å². The largest absolute Gasteiger partial charge is 0.376 e. The Hall–Kier alpha value is -2.41. The summed E-state index contributed by atoms with van der Waals surface area (Å²) in [6, 6.07) is 15.1. The van der Waals surface area contributed by atoms with Crippen molar-refractivity contribution in [1.82, 2.24) is 10.2 Å². The lowest BCUT2D eigenvalue weighted by Crippen LogP contribution is -2.57. The molecule has 34 heavy (non-hydrogen) atoms. The minimum Gasteiger partial charge on any atom is -0.376 e. The van der Waals surface area contributed by atoms with E-state index in [4.69, 9.17) is 27.9 Å². The molecular formula is C26H24Cl2N2O4. The highest BCUT2D eigenvalue weighted by Gasteiger charge is 2.72. The Morgan fingerprint density at radius 2 is 1.44 bits per heavy atom. The lowest BCUT2D eigenvalue weighted by atomic mass is 9.54. The Morgan fingerprint density at radius 3 is 1.88 bits per heavy atom. The van der Waals surface area contributed by atoms with E-state index < -0.39 is 21.6 Å². The number of amides is 3. The molecule has 0 saturated carbocycles. The third-order valence-electron chi connectivity index (χ3n) is 7.79. The lowest BCUT2D eigenvalue weighted by Gasteiger charge is -2.54. The van der Waals surface area contributed by atoms with Gasteiger partial charge < -0.3 is 10.1 Å². The summed E-state index contributed by atoms with van der Waals surface area (Å²) in [6.45, 7) is 1.14. The molecule has 0 radical (unpaired) electrons. The minimum atomic E-state index is -1.20. The van der Waals surface area contributed by atoms with E-state index >= 15 is 0 Å². The van der Waals surface area contributed by atoms with Gasteiger partial charge in [0, 0.05) is 26.1 Å². The maximum absolute atomic E-state index is 13.7. The number of nitrogens with one attached hydrogen (secondary N) is 1. The molecule has 176 valence electrons. The molecule has 2 aliphatic heterocycles. The van der Waals surface area contributed by atoms with Gasteiger partial charge in [-0.25, -0.2) is 0 Å². The molecule has 3 atom stereocenters. The third kappa shape index (κ3) is 2.82. The number of likely N-dealkylation sites (tertiary alicyclic amines) is 1. The number of rotatable bonds is 5. The molecule has 7 rings (SSSR count). The smallest absolute Gasteiger partial charge is 0.235 e. The Kier molecular flexibility index (Phi) is 5.07. The van der Waals surface area contributed by atoms with Gasteiger partial charge in [-0.2, -0.15) is 0 Å². The van der Waals surface area contributed by atoms with Gasteiger partial charge in [0.15, 0.2) is 0 Å². The predicted molar refractivity (Wildman–Crippen MR) is 126 cm³/mol. The molecule has 2 aromatic carbocycles. The molecule has 2 bridgehead atoms. The van der Waals surface area contributed by atoms with Gasteiger partial charge >= 0.3 is 0 Å². The second-order valence-corrected chi connectivity index (χ2v) is 10.7. The van der Waals surface area contributed by atoms with Crippen LogP contribution < -0.4 is 5.32 Å². The highest BCUT2D eigenvalue weighted by Crippen LogP contribution is 2.69. The van der Waals surface area contributed by atoms with Crippen LogP contribution in [-0.4, -0.2) is 48.4 Å². The van der Waals surface area contributed by atoms with E-state index in [-0.39, 0.29) is 36.8 Å². The number of nitrogens with zero attached hydrogens (tertiary/aromatic N) is 1. The number of carbonyl (C=O) groups is 3. The fourth-order valence-corrected chi connectivity index (χ4v) is 7.38. The average Bonchev–Trinajstić information content (AvgIpc) is 3.46. The van der Waals surface area contributed by atoms with Crippen molar-refractivity contribution in [1.29, 1.82) is 0 Å². The number of ether oxygens (including phenoxy) is 1. The van der Waals surface area contributed by atoms with Gasteiger partial charge in [0.2, 0.25) is 17.7 Å². The quantitative estimate of drug-likeness (QED) is 0.507. The molecule has 2 saturated heterocycles. The molecule has 3 aliphatic carbocycles. The second-order valence-electron chi connectivity index (χ2n) is 9.49. The van der Waals surface area contributed by atoms with Gasteiger partial charge in [0.05, 0.1) is 17.9 Å².